The highest BCUT2D eigenvalue weighted by Gasteiger charge is 2.26. The van der Waals surface area contributed by atoms with Crippen LogP contribution in [0.1, 0.15) is 245 Å². The molecule has 2 atom stereocenters. The summed E-state index contributed by atoms with van der Waals surface area (Å²) in [5.41, 5.74) is 5.39. The molecule has 0 saturated carbocycles. The number of hydrogen-bond acceptors (Lipinski definition) is 8. The maximum atomic E-state index is 12.7. The second-order valence-corrected chi connectivity index (χ2v) is 22.3. The van der Waals surface area contributed by atoms with Crippen molar-refractivity contribution in [2.75, 3.05) is 26.4 Å². The van der Waals surface area contributed by atoms with Gasteiger partial charge in [-0.3, -0.25) is 18.6 Å². The minimum Gasteiger partial charge on any atom is -0.462 e. The van der Waals surface area contributed by atoms with Gasteiger partial charge in [-0.2, -0.15) is 0 Å². The van der Waals surface area contributed by atoms with Crippen molar-refractivity contribution in [3.8, 4) is 0 Å². The van der Waals surface area contributed by atoms with Crippen LogP contribution in [0.15, 0.2) is 170 Å². The molecule has 0 amide bonds. The number of rotatable bonds is 59. The molecule has 0 fully saturated rings. The Balaban J connectivity index is 3.97. The van der Waals surface area contributed by atoms with Crippen LogP contribution < -0.4 is 5.73 Å². The van der Waals surface area contributed by atoms with Gasteiger partial charge in [0, 0.05) is 19.4 Å². The van der Waals surface area contributed by atoms with E-state index >= 15 is 0 Å². The van der Waals surface area contributed by atoms with Crippen LogP contribution in [0.4, 0.5) is 0 Å². The highest BCUT2D eigenvalue weighted by Crippen LogP contribution is 2.43. The summed E-state index contributed by atoms with van der Waals surface area (Å²) in [4.78, 5) is 35.2. The second-order valence-electron chi connectivity index (χ2n) is 20.9. The fraction of sp³-hybridized carbons (Fsp3) is 0.589. The minimum atomic E-state index is -4.41. The number of allylic oxidation sites excluding steroid dienone is 28. The number of hydrogen-bond donors (Lipinski definition) is 2. The van der Waals surface area contributed by atoms with Gasteiger partial charge in [0.2, 0.25) is 0 Å². The first-order chi connectivity index (χ1) is 40.8. The van der Waals surface area contributed by atoms with E-state index in [1.807, 2.05) is 0 Å². The van der Waals surface area contributed by atoms with Crippen molar-refractivity contribution >= 4 is 19.8 Å². The molecule has 0 aromatic carbocycles. The van der Waals surface area contributed by atoms with E-state index in [0.717, 1.165) is 116 Å². The third kappa shape index (κ3) is 66.4. The second kappa shape index (κ2) is 66.5. The summed E-state index contributed by atoms with van der Waals surface area (Å²) in [6, 6.07) is 0. The Morgan fingerprint density at radius 3 is 0.964 bits per heavy atom. The number of ether oxygens (including phenoxy) is 2. The summed E-state index contributed by atoms with van der Waals surface area (Å²) in [7, 11) is -4.41. The Morgan fingerprint density at radius 1 is 0.361 bits per heavy atom. The van der Waals surface area contributed by atoms with Gasteiger partial charge in [-0.15, -0.1) is 0 Å². The Morgan fingerprint density at radius 2 is 0.639 bits per heavy atom. The molecule has 0 aromatic heterocycles. The van der Waals surface area contributed by atoms with Gasteiger partial charge in [-0.25, -0.2) is 4.57 Å². The van der Waals surface area contributed by atoms with Crippen molar-refractivity contribution in [2.24, 2.45) is 5.73 Å². The molecule has 0 aliphatic rings. The molecule has 83 heavy (non-hydrogen) atoms. The van der Waals surface area contributed by atoms with Crippen molar-refractivity contribution in [2.45, 2.75) is 251 Å². The number of nitrogens with two attached hydrogens (primary N) is 1. The van der Waals surface area contributed by atoms with Crippen LogP contribution in [0.5, 0.6) is 0 Å². The highest BCUT2D eigenvalue weighted by molar-refractivity contribution is 7.47. The Labute approximate surface area is 508 Å². The monoisotopic (exact) mass is 1170 g/mol. The summed E-state index contributed by atoms with van der Waals surface area (Å²) in [6.45, 7) is 3.44. The predicted octanol–water partition coefficient (Wildman–Crippen LogP) is 21.4. The highest BCUT2D eigenvalue weighted by atomic mass is 31.2. The zero-order valence-corrected chi connectivity index (χ0v) is 53.3. The molecular weight excluding hydrogens is 1050 g/mol. The Bertz CT molecular complexity index is 1960. The van der Waals surface area contributed by atoms with E-state index in [4.69, 9.17) is 24.3 Å². The molecule has 3 N–H and O–H groups in total. The van der Waals surface area contributed by atoms with Crippen LogP contribution in [-0.4, -0.2) is 49.3 Å². The van der Waals surface area contributed by atoms with Crippen LogP contribution in [0.2, 0.25) is 0 Å². The molecule has 0 radical (unpaired) electrons. The van der Waals surface area contributed by atoms with Crippen LogP contribution >= 0.6 is 7.82 Å². The molecule has 0 aliphatic carbocycles. The summed E-state index contributed by atoms with van der Waals surface area (Å²) in [5.74, 6) is -0.904. The van der Waals surface area contributed by atoms with E-state index in [0.29, 0.717) is 12.8 Å². The normalized spacial score (nSPS) is 14.1. The van der Waals surface area contributed by atoms with E-state index in [1.165, 1.54) is 89.9 Å². The van der Waals surface area contributed by atoms with Gasteiger partial charge in [-0.05, 0) is 122 Å². The van der Waals surface area contributed by atoms with E-state index in [1.54, 1.807) is 0 Å². The van der Waals surface area contributed by atoms with Gasteiger partial charge in [0.05, 0.1) is 13.2 Å². The molecule has 10 heteroatoms. The van der Waals surface area contributed by atoms with Crippen molar-refractivity contribution in [3.05, 3.63) is 170 Å². The Hall–Kier alpha value is -4.63. The Kier molecular flexibility index (Phi) is 62.8. The zero-order chi connectivity index (χ0) is 60.1. The summed E-state index contributed by atoms with van der Waals surface area (Å²) in [5, 5.41) is 0. The van der Waals surface area contributed by atoms with Crippen molar-refractivity contribution < 1.29 is 37.6 Å². The van der Waals surface area contributed by atoms with Gasteiger partial charge in [0.15, 0.2) is 6.10 Å². The molecule has 0 rings (SSSR count). The predicted molar refractivity (Wildman–Crippen MR) is 357 cm³/mol. The summed E-state index contributed by atoms with van der Waals surface area (Å²) < 4.78 is 33.0. The molecular formula is C73H118NO8P. The average Bonchev–Trinajstić information content (AvgIpc) is 3.48. The molecule has 0 spiro atoms. The maximum absolute atomic E-state index is 12.7. The van der Waals surface area contributed by atoms with Crippen LogP contribution in [0.3, 0.4) is 0 Å². The molecule has 9 nitrogen and oxygen atoms in total. The van der Waals surface area contributed by atoms with Gasteiger partial charge in [-0.1, -0.05) is 280 Å². The lowest BCUT2D eigenvalue weighted by Crippen LogP contribution is -2.29. The minimum absolute atomic E-state index is 0.0380. The lowest BCUT2D eigenvalue weighted by molar-refractivity contribution is -0.161. The van der Waals surface area contributed by atoms with E-state index in [-0.39, 0.29) is 32.6 Å². The lowest BCUT2D eigenvalue weighted by atomic mass is 10.0. The summed E-state index contributed by atoms with van der Waals surface area (Å²) in [6.07, 6.45) is 98.7. The summed E-state index contributed by atoms with van der Waals surface area (Å²) >= 11 is 0. The van der Waals surface area contributed by atoms with Gasteiger partial charge in [0.1, 0.15) is 6.61 Å². The SMILES string of the molecule is CC/C=C\C/C=C\C/C=C\C/C=C\C/C=C\C/C=C\C/C=C\CCCCCCCCCCCCCCCCCCCC(=O)OC(COC(=O)CCC/C=C\C/C=C\C/C=C\C/C=C\C/C=C\C/C=C\C/C=C\CC)COP(=O)(O)OCCN. The van der Waals surface area contributed by atoms with Crippen LogP contribution in [-0.2, 0) is 32.7 Å². The third-order valence-electron chi connectivity index (χ3n) is 13.1. The first-order valence-corrected chi connectivity index (χ1v) is 34.1. The third-order valence-corrected chi connectivity index (χ3v) is 14.1. The fourth-order valence-electron chi connectivity index (χ4n) is 8.37. The fourth-order valence-corrected chi connectivity index (χ4v) is 9.14. The van der Waals surface area contributed by atoms with Crippen LogP contribution in [0.25, 0.3) is 0 Å². The molecule has 0 aliphatic heterocycles. The van der Waals surface area contributed by atoms with Gasteiger partial charge >= 0.3 is 19.8 Å². The van der Waals surface area contributed by atoms with E-state index in [9.17, 15) is 19.0 Å². The maximum Gasteiger partial charge on any atom is 0.472 e. The number of carbonyl (C=O) groups is 2. The first-order valence-electron chi connectivity index (χ1n) is 32.6. The van der Waals surface area contributed by atoms with E-state index in [2.05, 4.69) is 184 Å². The number of unbranched alkanes of at least 4 members (excludes halogenated alkanes) is 18. The van der Waals surface area contributed by atoms with Crippen molar-refractivity contribution in [1.82, 2.24) is 0 Å². The number of phosphoric ester groups is 1. The molecule has 468 valence electrons. The number of phosphoric acid groups is 1. The largest absolute Gasteiger partial charge is 0.472 e. The standard InChI is InChI=1S/C73H118NO8P/c1-3-5-7-9-11-13-15-17-19-21-23-25-27-28-29-30-31-32-33-34-35-36-37-38-39-40-41-42-44-46-48-50-52-54-56-58-60-62-64-66-73(76)82-71(70-81-83(77,78)80-68-67-74)69-79-72(75)65-63-61-59-57-55-53-51-49-47-45-43-26-24-22-20-18-16-14-12-10-8-6-4-2/h5-8,11-14,17-20,23-26,28-29,31-32,34-35,45,47,51,53,57,59,71H,3-4,9-10,15-16,21-22,27,30,33,36-44,46,48-50,52,54-56,58,60-70,74H2,1-2H3,(H,77,78)/b7-5-,8-6-,13-11-,14-12-,19-17-,20-18-,25-23-,26-24-,29-28-,32-31-,35-34-,47-45-,53-51-,59-57-. The first kappa shape index (κ1) is 78.4. The average molecular weight is 1170 g/mol. The lowest BCUT2D eigenvalue weighted by Gasteiger charge is -2.19. The smallest absolute Gasteiger partial charge is 0.462 e. The molecule has 0 aromatic rings. The number of carbonyl (C=O) groups excluding carboxylic acids is 2. The van der Waals surface area contributed by atoms with Gasteiger partial charge < -0.3 is 20.1 Å². The molecule has 0 bridgehead atoms. The van der Waals surface area contributed by atoms with E-state index < -0.39 is 32.5 Å². The number of esters is 2. The van der Waals surface area contributed by atoms with Crippen molar-refractivity contribution in [3.63, 3.8) is 0 Å². The van der Waals surface area contributed by atoms with Crippen molar-refractivity contribution in [1.29, 1.82) is 0 Å². The zero-order valence-electron chi connectivity index (χ0n) is 52.4. The molecule has 0 saturated heterocycles. The molecule has 2 unspecified atom stereocenters. The van der Waals surface area contributed by atoms with Crippen LogP contribution in [0, 0.1) is 0 Å². The quantitative estimate of drug-likeness (QED) is 0.0264. The molecule has 0 heterocycles. The van der Waals surface area contributed by atoms with Gasteiger partial charge in [0.25, 0.3) is 0 Å². The topological polar surface area (TPSA) is 134 Å².